The smallest absolute Gasteiger partial charge is 0.410 e. The summed E-state index contributed by atoms with van der Waals surface area (Å²) < 4.78 is 5.67. The van der Waals surface area contributed by atoms with Crippen LogP contribution in [0.5, 0.6) is 0 Å². The number of carbonyl (C=O) groups is 1. The van der Waals surface area contributed by atoms with E-state index in [9.17, 15) is 4.79 Å². The second-order valence-corrected chi connectivity index (χ2v) is 9.00. The van der Waals surface area contributed by atoms with Crippen molar-refractivity contribution in [1.82, 2.24) is 4.90 Å². The van der Waals surface area contributed by atoms with Gasteiger partial charge < -0.3 is 21.1 Å². The first kappa shape index (κ1) is 21.3. The lowest BCUT2D eigenvalue weighted by Gasteiger charge is -2.47. The molecule has 2 aromatic rings. The molecule has 0 saturated carbocycles. The van der Waals surface area contributed by atoms with Gasteiger partial charge in [-0.15, -0.1) is 0 Å². The Morgan fingerprint density at radius 1 is 1.14 bits per heavy atom. The maximum atomic E-state index is 12.9. The van der Waals surface area contributed by atoms with Crippen LogP contribution in [0.25, 0.3) is 11.1 Å². The molecule has 0 aromatic heterocycles. The fourth-order valence-corrected chi connectivity index (χ4v) is 4.03. The zero-order valence-electron chi connectivity index (χ0n) is 17.7. The van der Waals surface area contributed by atoms with Gasteiger partial charge in [-0.25, -0.2) is 4.79 Å². The van der Waals surface area contributed by atoms with Crippen LogP contribution in [0.4, 0.5) is 4.79 Å². The van der Waals surface area contributed by atoms with Crippen LogP contribution in [-0.2, 0) is 11.2 Å². The first-order valence-electron chi connectivity index (χ1n) is 10.3. The van der Waals surface area contributed by atoms with E-state index < -0.39 is 11.1 Å². The number of nitrogens with two attached hydrogens (primary N) is 2. The molecule has 0 radical (unpaired) electrons. The Morgan fingerprint density at radius 2 is 1.83 bits per heavy atom. The molecule has 1 amide bonds. The van der Waals surface area contributed by atoms with Gasteiger partial charge in [-0.2, -0.15) is 0 Å². The molecule has 1 saturated heterocycles. The number of likely N-dealkylation sites (tertiary alicyclic amines) is 1. The summed E-state index contributed by atoms with van der Waals surface area (Å²) in [4.78, 5) is 14.7. The van der Waals surface area contributed by atoms with E-state index >= 15 is 0 Å². The highest BCUT2D eigenvalue weighted by molar-refractivity contribution is 5.69. The standard InChI is InChI=1S/C24H33N3O2/c1-23(2,3)29-22(28)27-14-8-13-24(26,17-25)21(27)16-18-9-7-12-20(15-18)19-10-5-4-6-11-19/h4-7,9-12,15,21H,8,13-14,16-17,25-26H2,1-3H3/t21-,24+/m0/s1. The highest BCUT2D eigenvalue weighted by atomic mass is 16.6. The normalized spacial score (nSPS) is 22.4. The van der Waals surface area contributed by atoms with Crippen molar-refractivity contribution in [2.24, 2.45) is 11.5 Å². The average molecular weight is 396 g/mol. The van der Waals surface area contributed by atoms with Crippen molar-refractivity contribution in [3.05, 3.63) is 60.2 Å². The van der Waals surface area contributed by atoms with Crippen LogP contribution in [0.3, 0.4) is 0 Å². The van der Waals surface area contributed by atoms with Crippen molar-refractivity contribution in [3.63, 3.8) is 0 Å². The predicted molar refractivity (Wildman–Crippen MR) is 118 cm³/mol. The van der Waals surface area contributed by atoms with Crippen molar-refractivity contribution in [2.45, 2.75) is 57.2 Å². The molecule has 1 heterocycles. The van der Waals surface area contributed by atoms with Gasteiger partial charge >= 0.3 is 6.09 Å². The van der Waals surface area contributed by atoms with Crippen molar-refractivity contribution in [2.75, 3.05) is 13.1 Å². The van der Waals surface area contributed by atoms with Crippen molar-refractivity contribution in [1.29, 1.82) is 0 Å². The Bertz CT molecular complexity index is 832. The molecule has 0 spiro atoms. The fraction of sp³-hybridized carbons (Fsp3) is 0.458. The van der Waals surface area contributed by atoms with Crippen molar-refractivity contribution < 1.29 is 9.53 Å². The largest absolute Gasteiger partial charge is 0.444 e. The van der Waals surface area contributed by atoms with E-state index in [4.69, 9.17) is 16.2 Å². The predicted octanol–water partition coefficient (Wildman–Crippen LogP) is 3.95. The number of carbonyl (C=O) groups excluding carboxylic acids is 1. The highest BCUT2D eigenvalue weighted by Crippen LogP contribution is 2.30. The van der Waals surface area contributed by atoms with Crippen molar-refractivity contribution >= 4 is 6.09 Å². The van der Waals surface area contributed by atoms with Gasteiger partial charge in [-0.1, -0.05) is 54.6 Å². The monoisotopic (exact) mass is 395 g/mol. The summed E-state index contributed by atoms with van der Waals surface area (Å²) in [5.74, 6) is 0. The first-order chi connectivity index (χ1) is 13.7. The molecule has 0 aliphatic carbocycles. The number of rotatable bonds is 4. The maximum Gasteiger partial charge on any atom is 0.410 e. The summed E-state index contributed by atoms with van der Waals surface area (Å²) in [6.07, 6.45) is 1.96. The molecule has 2 atom stereocenters. The lowest BCUT2D eigenvalue weighted by atomic mass is 9.79. The van der Waals surface area contributed by atoms with Crippen LogP contribution in [0.2, 0.25) is 0 Å². The van der Waals surface area contributed by atoms with Gasteiger partial charge in [-0.3, -0.25) is 0 Å². The van der Waals surface area contributed by atoms with E-state index in [0.29, 0.717) is 19.5 Å². The Balaban J connectivity index is 1.89. The van der Waals surface area contributed by atoms with E-state index in [2.05, 4.69) is 36.4 Å². The topological polar surface area (TPSA) is 81.6 Å². The molecule has 4 N–H and O–H groups in total. The molecule has 0 unspecified atom stereocenters. The second-order valence-electron chi connectivity index (χ2n) is 9.00. The van der Waals surface area contributed by atoms with Crippen LogP contribution in [0.1, 0.15) is 39.2 Å². The van der Waals surface area contributed by atoms with Crippen LogP contribution in [-0.4, -0.2) is 41.3 Å². The van der Waals surface area contributed by atoms with Gasteiger partial charge in [0.1, 0.15) is 5.60 Å². The molecule has 156 valence electrons. The minimum atomic E-state index is -0.627. The van der Waals surface area contributed by atoms with E-state index in [0.717, 1.165) is 24.0 Å². The number of amides is 1. The number of hydrogen-bond acceptors (Lipinski definition) is 4. The quantitative estimate of drug-likeness (QED) is 0.821. The molecule has 5 heteroatoms. The van der Waals surface area contributed by atoms with E-state index in [1.165, 1.54) is 5.56 Å². The molecule has 1 aliphatic heterocycles. The molecule has 3 rings (SSSR count). The zero-order valence-corrected chi connectivity index (χ0v) is 17.7. The zero-order chi connectivity index (χ0) is 21.1. The molecule has 1 fully saturated rings. The number of nitrogens with zero attached hydrogens (tertiary/aromatic N) is 1. The number of benzene rings is 2. The third-order valence-corrected chi connectivity index (χ3v) is 5.55. The summed E-state index contributed by atoms with van der Waals surface area (Å²) in [6.45, 7) is 6.61. The summed E-state index contributed by atoms with van der Waals surface area (Å²) in [7, 11) is 0. The summed E-state index contributed by atoms with van der Waals surface area (Å²) in [6, 6.07) is 18.5. The van der Waals surface area contributed by atoms with Crippen LogP contribution in [0.15, 0.2) is 54.6 Å². The number of hydrogen-bond donors (Lipinski definition) is 2. The van der Waals surface area contributed by atoms with Crippen LogP contribution < -0.4 is 11.5 Å². The molecule has 29 heavy (non-hydrogen) atoms. The molecule has 2 aromatic carbocycles. The second kappa shape index (κ2) is 8.56. The molecular weight excluding hydrogens is 362 g/mol. The minimum absolute atomic E-state index is 0.206. The molecule has 1 aliphatic rings. The van der Waals surface area contributed by atoms with E-state index in [1.807, 2.05) is 39.0 Å². The van der Waals surface area contributed by atoms with Gasteiger partial charge in [0.2, 0.25) is 0 Å². The van der Waals surface area contributed by atoms with Gasteiger partial charge in [0.25, 0.3) is 0 Å². The van der Waals surface area contributed by atoms with Crippen molar-refractivity contribution in [3.8, 4) is 11.1 Å². The molecular formula is C24H33N3O2. The number of ether oxygens (including phenoxy) is 1. The van der Waals surface area contributed by atoms with Gasteiger partial charge in [0, 0.05) is 18.6 Å². The first-order valence-corrected chi connectivity index (χ1v) is 10.3. The lowest BCUT2D eigenvalue weighted by Crippen LogP contribution is -2.67. The third kappa shape index (κ3) is 5.17. The van der Waals surface area contributed by atoms with Crippen LogP contribution >= 0.6 is 0 Å². The van der Waals surface area contributed by atoms with E-state index in [-0.39, 0.29) is 12.1 Å². The maximum absolute atomic E-state index is 12.9. The summed E-state index contributed by atoms with van der Waals surface area (Å²) in [5.41, 5.74) is 15.1. The minimum Gasteiger partial charge on any atom is -0.444 e. The van der Waals surface area contributed by atoms with Gasteiger partial charge in [0.05, 0.1) is 6.04 Å². The molecule has 5 nitrogen and oxygen atoms in total. The fourth-order valence-electron chi connectivity index (χ4n) is 4.03. The number of piperidine rings is 1. The SMILES string of the molecule is CC(C)(C)OC(=O)N1CCC[C@@](N)(CN)[C@@H]1Cc1cccc(-c2ccccc2)c1. The Hall–Kier alpha value is -2.37. The van der Waals surface area contributed by atoms with Gasteiger partial charge in [-0.05, 0) is 56.7 Å². The summed E-state index contributed by atoms with van der Waals surface area (Å²) >= 11 is 0. The van der Waals surface area contributed by atoms with Gasteiger partial charge in [0.15, 0.2) is 0 Å². The average Bonchev–Trinajstić information content (AvgIpc) is 2.69. The van der Waals surface area contributed by atoms with Crippen LogP contribution in [0, 0.1) is 0 Å². The highest BCUT2D eigenvalue weighted by Gasteiger charge is 2.44. The Morgan fingerprint density at radius 3 is 2.48 bits per heavy atom. The Kier molecular flexibility index (Phi) is 6.30. The third-order valence-electron chi connectivity index (χ3n) is 5.55. The molecule has 0 bridgehead atoms. The summed E-state index contributed by atoms with van der Waals surface area (Å²) in [5, 5.41) is 0. The van der Waals surface area contributed by atoms with E-state index in [1.54, 1.807) is 4.90 Å². The Labute approximate surface area is 174 Å². The lowest BCUT2D eigenvalue weighted by molar-refractivity contribution is -0.00386.